The van der Waals surface area contributed by atoms with E-state index in [0.29, 0.717) is 18.3 Å². The van der Waals surface area contributed by atoms with E-state index in [-0.39, 0.29) is 5.57 Å². The standard InChI is InChI=1S/C12H10N2O3/c15-8-10(9-16)6-13-12(7-14-17)11-4-2-1-3-5-11/h1-9,13H/b12-7+. The number of benzene rings is 1. The lowest BCUT2D eigenvalue weighted by Crippen LogP contribution is -2.06. The molecule has 0 bridgehead atoms. The third-order valence-electron chi connectivity index (χ3n) is 1.93. The molecule has 0 aliphatic carbocycles. The Bertz CT molecular complexity index is 454. The molecule has 0 atom stereocenters. The molecule has 1 aromatic rings. The van der Waals surface area contributed by atoms with Crippen molar-refractivity contribution in [2.45, 2.75) is 0 Å². The van der Waals surface area contributed by atoms with Crippen molar-refractivity contribution < 1.29 is 9.59 Å². The van der Waals surface area contributed by atoms with E-state index in [4.69, 9.17) is 0 Å². The van der Waals surface area contributed by atoms with Crippen molar-refractivity contribution >= 4 is 18.3 Å². The highest BCUT2D eigenvalue weighted by Gasteiger charge is 1.99. The molecule has 0 saturated heterocycles. The molecule has 5 heteroatoms. The molecular formula is C12H10N2O3. The summed E-state index contributed by atoms with van der Waals surface area (Å²) in [5.41, 5.74) is 1.07. The van der Waals surface area contributed by atoms with Gasteiger partial charge in [0.1, 0.15) is 0 Å². The normalized spacial score (nSPS) is 10.2. The minimum Gasteiger partial charge on any atom is -0.359 e. The third-order valence-corrected chi connectivity index (χ3v) is 1.93. The Kier molecular flexibility index (Phi) is 5.03. The van der Waals surface area contributed by atoms with Crippen molar-refractivity contribution in [3.8, 4) is 0 Å². The van der Waals surface area contributed by atoms with Crippen LogP contribution in [0.15, 0.2) is 53.5 Å². The predicted octanol–water partition coefficient (Wildman–Crippen LogP) is 1.62. The number of nitrogens with zero attached hydrogens (tertiary/aromatic N) is 1. The van der Waals surface area contributed by atoms with Gasteiger partial charge in [-0.15, -0.1) is 4.91 Å². The minimum absolute atomic E-state index is 0.0577. The van der Waals surface area contributed by atoms with Crippen LogP contribution in [0.3, 0.4) is 0 Å². The number of allylic oxidation sites excluding steroid dienone is 1. The smallest absolute Gasteiger partial charge is 0.154 e. The second-order valence-corrected chi connectivity index (χ2v) is 3.04. The van der Waals surface area contributed by atoms with E-state index in [9.17, 15) is 14.5 Å². The molecule has 1 rings (SSSR count). The quantitative estimate of drug-likeness (QED) is 0.265. The fourth-order valence-corrected chi connectivity index (χ4v) is 1.12. The summed E-state index contributed by atoms with van der Waals surface area (Å²) in [6, 6.07) is 8.94. The maximum atomic E-state index is 10.4. The van der Waals surface area contributed by atoms with Gasteiger partial charge in [0, 0.05) is 6.20 Å². The fraction of sp³-hybridized carbons (Fsp3) is 0. The first-order chi connectivity index (χ1) is 8.31. The molecule has 0 saturated carbocycles. The number of nitroso groups, excluding NO2 is 1. The number of aldehydes is 2. The second-order valence-electron chi connectivity index (χ2n) is 3.04. The number of carbonyl (C=O) groups is 2. The molecule has 86 valence electrons. The summed E-state index contributed by atoms with van der Waals surface area (Å²) >= 11 is 0. The zero-order valence-corrected chi connectivity index (χ0v) is 8.87. The molecule has 0 heterocycles. The van der Waals surface area contributed by atoms with E-state index in [2.05, 4.69) is 10.5 Å². The van der Waals surface area contributed by atoms with Crippen molar-refractivity contribution in [1.82, 2.24) is 5.32 Å². The molecular weight excluding hydrogens is 220 g/mol. The van der Waals surface area contributed by atoms with Gasteiger partial charge in [-0.05, 0) is 10.7 Å². The molecule has 0 aromatic heterocycles. The molecule has 0 aliphatic rings. The van der Waals surface area contributed by atoms with E-state index >= 15 is 0 Å². The minimum atomic E-state index is -0.0577. The van der Waals surface area contributed by atoms with Crippen LogP contribution in [0.5, 0.6) is 0 Å². The molecule has 1 N–H and O–H groups in total. The van der Waals surface area contributed by atoms with Crippen LogP contribution in [0.2, 0.25) is 0 Å². The van der Waals surface area contributed by atoms with Gasteiger partial charge in [0.05, 0.1) is 17.5 Å². The van der Waals surface area contributed by atoms with Gasteiger partial charge in [0.25, 0.3) is 0 Å². The van der Waals surface area contributed by atoms with E-state index in [1.54, 1.807) is 24.3 Å². The molecule has 0 fully saturated rings. The van der Waals surface area contributed by atoms with Crippen LogP contribution in [0.1, 0.15) is 5.56 Å². The van der Waals surface area contributed by atoms with Crippen LogP contribution in [-0.2, 0) is 9.59 Å². The number of hydrogen-bond donors (Lipinski definition) is 1. The molecule has 1 aromatic carbocycles. The van der Waals surface area contributed by atoms with Crippen molar-refractivity contribution in [3.63, 3.8) is 0 Å². The third kappa shape index (κ3) is 3.83. The summed E-state index contributed by atoms with van der Waals surface area (Å²) < 4.78 is 0. The van der Waals surface area contributed by atoms with Crippen LogP contribution in [0.25, 0.3) is 5.70 Å². The molecule has 0 aliphatic heterocycles. The first-order valence-electron chi connectivity index (χ1n) is 4.77. The van der Waals surface area contributed by atoms with Gasteiger partial charge in [-0.1, -0.05) is 30.3 Å². The average molecular weight is 230 g/mol. The molecule has 17 heavy (non-hydrogen) atoms. The second kappa shape index (κ2) is 6.84. The summed E-state index contributed by atoms with van der Waals surface area (Å²) in [6.07, 6.45) is 3.11. The van der Waals surface area contributed by atoms with Crippen LogP contribution in [-0.4, -0.2) is 12.6 Å². The molecule has 0 radical (unpaired) electrons. The van der Waals surface area contributed by atoms with E-state index in [0.717, 1.165) is 11.8 Å². The molecule has 0 unspecified atom stereocenters. The summed E-state index contributed by atoms with van der Waals surface area (Å²) in [5, 5.41) is 5.34. The molecule has 0 amide bonds. The van der Waals surface area contributed by atoms with Gasteiger partial charge in [-0.25, -0.2) is 0 Å². The summed E-state index contributed by atoms with van der Waals surface area (Å²) in [5.74, 6) is 0. The number of carbonyl (C=O) groups excluding carboxylic acids is 2. The lowest BCUT2D eigenvalue weighted by Gasteiger charge is -2.05. The topological polar surface area (TPSA) is 75.6 Å². The maximum Gasteiger partial charge on any atom is 0.154 e. The predicted molar refractivity (Wildman–Crippen MR) is 63.6 cm³/mol. The van der Waals surface area contributed by atoms with Gasteiger partial charge < -0.3 is 5.32 Å². The number of hydrogen-bond acceptors (Lipinski definition) is 5. The van der Waals surface area contributed by atoms with Gasteiger partial charge in [0.15, 0.2) is 12.6 Å². The van der Waals surface area contributed by atoms with E-state index in [1.807, 2.05) is 6.07 Å². The number of nitrogens with one attached hydrogen (secondary N) is 1. The lowest BCUT2D eigenvalue weighted by atomic mass is 10.1. The van der Waals surface area contributed by atoms with Crippen LogP contribution >= 0.6 is 0 Å². The Hall–Kier alpha value is -2.56. The van der Waals surface area contributed by atoms with Gasteiger partial charge in [0.2, 0.25) is 0 Å². The Morgan fingerprint density at radius 1 is 1.12 bits per heavy atom. The fourth-order valence-electron chi connectivity index (χ4n) is 1.12. The highest BCUT2D eigenvalue weighted by molar-refractivity contribution is 5.99. The van der Waals surface area contributed by atoms with Gasteiger partial charge in [-0.2, -0.15) is 0 Å². The number of rotatable bonds is 6. The van der Waals surface area contributed by atoms with Crippen molar-refractivity contribution in [1.29, 1.82) is 0 Å². The Morgan fingerprint density at radius 2 is 1.76 bits per heavy atom. The Labute approximate surface area is 97.8 Å². The van der Waals surface area contributed by atoms with Crippen molar-refractivity contribution in [2.24, 2.45) is 5.18 Å². The van der Waals surface area contributed by atoms with Gasteiger partial charge in [-0.3, -0.25) is 9.59 Å². The maximum absolute atomic E-state index is 10.4. The van der Waals surface area contributed by atoms with Crippen LogP contribution in [0.4, 0.5) is 0 Å². The van der Waals surface area contributed by atoms with Crippen molar-refractivity contribution in [3.05, 3.63) is 58.8 Å². The van der Waals surface area contributed by atoms with Crippen LogP contribution in [0, 0.1) is 4.91 Å². The highest BCUT2D eigenvalue weighted by atomic mass is 16.2. The SMILES string of the molecule is O=CC(C=O)=CN/C(=C/N=O)c1ccccc1. The molecule has 0 spiro atoms. The first-order valence-corrected chi connectivity index (χ1v) is 4.77. The highest BCUT2D eigenvalue weighted by Crippen LogP contribution is 2.10. The molecule has 5 nitrogen and oxygen atoms in total. The first kappa shape index (κ1) is 12.5. The lowest BCUT2D eigenvalue weighted by molar-refractivity contribution is -0.109. The Balaban J connectivity index is 2.93. The zero-order valence-electron chi connectivity index (χ0n) is 8.87. The van der Waals surface area contributed by atoms with E-state index < -0.39 is 0 Å². The van der Waals surface area contributed by atoms with Gasteiger partial charge >= 0.3 is 0 Å². The zero-order chi connectivity index (χ0) is 12.5. The average Bonchev–Trinajstić information content (AvgIpc) is 2.39. The Morgan fingerprint density at radius 3 is 2.29 bits per heavy atom. The monoisotopic (exact) mass is 230 g/mol. The van der Waals surface area contributed by atoms with Crippen molar-refractivity contribution in [2.75, 3.05) is 0 Å². The summed E-state index contributed by atoms with van der Waals surface area (Å²) in [6.45, 7) is 0. The van der Waals surface area contributed by atoms with Crippen LogP contribution < -0.4 is 5.32 Å². The van der Waals surface area contributed by atoms with E-state index in [1.165, 1.54) is 6.20 Å². The largest absolute Gasteiger partial charge is 0.359 e. The summed E-state index contributed by atoms with van der Waals surface area (Å²) in [4.78, 5) is 31.0. The summed E-state index contributed by atoms with van der Waals surface area (Å²) in [7, 11) is 0.